The van der Waals surface area contributed by atoms with Crippen molar-refractivity contribution in [1.82, 2.24) is 14.9 Å². The number of halogens is 1. The molecule has 2 saturated heterocycles. The first-order valence-electron chi connectivity index (χ1n) is 11.2. The summed E-state index contributed by atoms with van der Waals surface area (Å²) in [4.78, 5) is 22.5. The van der Waals surface area contributed by atoms with Crippen molar-refractivity contribution in [1.29, 1.82) is 0 Å². The van der Waals surface area contributed by atoms with Gasteiger partial charge < -0.3 is 25.2 Å². The summed E-state index contributed by atoms with van der Waals surface area (Å²) in [5.74, 6) is -0.301. The molecule has 10 heteroatoms. The van der Waals surface area contributed by atoms with E-state index < -0.39 is 11.9 Å². The van der Waals surface area contributed by atoms with E-state index in [0.29, 0.717) is 45.3 Å². The average molecular weight is 438 g/mol. The number of likely N-dealkylation sites (tertiary alicyclic amines) is 1. The number of aliphatic hydroxyl groups is 1. The van der Waals surface area contributed by atoms with E-state index in [-0.39, 0.29) is 35.5 Å². The van der Waals surface area contributed by atoms with Crippen LogP contribution in [0.4, 0.5) is 16.0 Å². The van der Waals surface area contributed by atoms with E-state index in [4.69, 9.17) is 9.47 Å². The van der Waals surface area contributed by atoms with Gasteiger partial charge in [-0.25, -0.2) is 9.97 Å². The third-order valence-corrected chi connectivity index (χ3v) is 6.54. The van der Waals surface area contributed by atoms with Crippen LogP contribution in [0.1, 0.15) is 32.1 Å². The summed E-state index contributed by atoms with van der Waals surface area (Å²) in [6.45, 7) is 2.73. The molecule has 0 spiro atoms. The van der Waals surface area contributed by atoms with Gasteiger partial charge in [0.1, 0.15) is 12.4 Å². The quantitative estimate of drug-likeness (QED) is 0.518. The Hall–Kier alpha value is -2.04. The number of nitrogens with one attached hydrogen (secondary N) is 2. The Kier molecular flexibility index (Phi) is 7.19. The minimum Gasteiger partial charge on any atom is -0.468 e. The predicted molar refractivity (Wildman–Crippen MR) is 112 cm³/mol. The van der Waals surface area contributed by atoms with E-state index in [9.17, 15) is 14.3 Å². The zero-order valence-corrected chi connectivity index (χ0v) is 17.9. The number of methoxy groups -OCH3 is 1. The van der Waals surface area contributed by atoms with Gasteiger partial charge >= 0.3 is 5.97 Å². The van der Waals surface area contributed by atoms with Crippen molar-refractivity contribution in [3.63, 3.8) is 0 Å². The molecular formula is C21H32FN5O4. The summed E-state index contributed by atoms with van der Waals surface area (Å²) >= 11 is 0. The number of carbonyl (C=O) groups is 1. The maximum atomic E-state index is 14.6. The largest absolute Gasteiger partial charge is 0.468 e. The van der Waals surface area contributed by atoms with Crippen LogP contribution < -0.4 is 10.6 Å². The van der Waals surface area contributed by atoms with Gasteiger partial charge in [-0.1, -0.05) is 0 Å². The fourth-order valence-corrected chi connectivity index (χ4v) is 4.53. The fraction of sp³-hybridized carbons (Fsp3) is 0.762. The van der Waals surface area contributed by atoms with Crippen LogP contribution in [0, 0.1) is 17.7 Å². The van der Waals surface area contributed by atoms with Gasteiger partial charge in [-0.3, -0.25) is 9.69 Å². The van der Waals surface area contributed by atoms with Gasteiger partial charge in [-0.15, -0.1) is 0 Å². The number of aromatic nitrogens is 2. The molecule has 2 aliphatic heterocycles. The van der Waals surface area contributed by atoms with Crippen LogP contribution in [-0.2, 0) is 14.3 Å². The van der Waals surface area contributed by atoms with Crippen molar-refractivity contribution < 1.29 is 23.8 Å². The van der Waals surface area contributed by atoms with Crippen LogP contribution in [0.15, 0.2) is 6.33 Å². The SMILES string of the molecule is COC(=O)C(C1CCOCC1)N1CC[C@@H](CNc2ncnc(NC3CC3)c2F)[C@H](O)C1. The van der Waals surface area contributed by atoms with Crippen LogP contribution >= 0.6 is 0 Å². The van der Waals surface area contributed by atoms with Crippen molar-refractivity contribution in [2.45, 2.75) is 50.3 Å². The second-order valence-corrected chi connectivity index (χ2v) is 8.71. The van der Waals surface area contributed by atoms with Crippen LogP contribution in [0.5, 0.6) is 0 Å². The highest BCUT2D eigenvalue weighted by molar-refractivity contribution is 5.76. The van der Waals surface area contributed by atoms with Crippen molar-refractivity contribution in [3.8, 4) is 0 Å². The first-order chi connectivity index (χ1) is 15.1. The van der Waals surface area contributed by atoms with Gasteiger partial charge in [0, 0.05) is 38.3 Å². The topological polar surface area (TPSA) is 109 Å². The second-order valence-electron chi connectivity index (χ2n) is 8.71. The summed E-state index contributed by atoms with van der Waals surface area (Å²) in [7, 11) is 1.41. The molecule has 1 aliphatic carbocycles. The second kappa shape index (κ2) is 10.1. The zero-order valence-electron chi connectivity index (χ0n) is 17.9. The van der Waals surface area contributed by atoms with Crippen LogP contribution in [-0.4, -0.2) is 84.1 Å². The maximum Gasteiger partial charge on any atom is 0.323 e. The molecule has 1 unspecified atom stereocenters. The lowest BCUT2D eigenvalue weighted by atomic mass is 9.86. The molecule has 1 aromatic heterocycles. The highest BCUT2D eigenvalue weighted by Gasteiger charge is 2.39. The molecule has 0 bridgehead atoms. The lowest BCUT2D eigenvalue weighted by Gasteiger charge is -2.42. The Balaban J connectivity index is 1.34. The molecule has 3 heterocycles. The standard InChI is InChI=1S/C21H32FN5O4/c1-30-21(29)18(13-5-8-31-9-6-13)27-7-4-14(16(28)11-27)10-23-19-17(22)20(25-12-24-19)26-15-2-3-15/h12-16,18,28H,2-11H2,1H3,(H2,23,24,25,26)/t14-,16+,18?/m0/s1. The molecule has 31 heavy (non-hydrogen) atoms. The smallest absolute Gasteiger partial charge is 0.323 e. The monoisotopic (exact) mass is 437 g/mol. The number of esters is 1. The Bertz CT molecular complexity index is 759. The highest BCUT2D eigenvalue weighted by Crippen LogP contribution is 2.29. The lowest BCUT2D eigenvalue weighted by Crippen LogP contribution is -2.55. The molecule has 0 aromatic carbocycles. The van der Waals surface area contributed by atoms with Crippen LogP contribution in [0.25, 0.3) is 0 Å². The van der Waals surface area contributed by atoms with Crippen molar-refractivity contribution in [2.75, 3.05) is 50.6 Å². The third kappa shape index (κ3) is 5.42. The number of hydrogen-bond donors (Lipinski definition) is 3. The van der Waals surface area contributed by atoms with Crippen LogP contribution in [0.3, 0.4) is 0 Å². The summed E-state index contributed by atoms with van der Waals surface area (Å²) in [5.41, 5.74) is 0. The van der Waals surface area contributed by atoms with Gasteiger partial charge in [0.15, 0.2) is 11.6 Å². The zero-order chi connectivity index (χ0) is 21.8. The van der Waals surface area contributed by atoms with Gasteiger partial charge in [0.2, 0.25) is 5.82 Å². The van der Waals surface area contributed by atoms with Gasteiger partial charge in [0.25, 0.3) is 0 Å². The number of carbonyl (C=O) groups excluding carboxylic acids is 1. The highest BCUT2D eigenvalue weighted by atomic mass is 19.1. The summed E-state index contributed by atoms with van der Waals surface area (Å²) in [6.07, 6.45) is 5.05. The number of ether oxygens (including phenoxy) is 2. The summed E-state index contributed by atoms with van der Waals surface area (Å²) in [5, 5.41) is 16.9. The minimum absolute atomic E-state index is 0.0709. The molecule has 1 saturated carbocycles. The first-order valence-corrected chi connectivity index (χ1v) is 11.2. The third-order valence-electron chi connectivity index (χ3n) is 6.54. The van der Waals surface area contributed by atoms with E-state index >= 15 is 0 Å². The molecule has 3 aliphatic rings. The normalized spacial score (nSPS) is 26.3. The number of aliphatic hydroxyl groups excluding tert-OH is 1. The van der Waals surface area contributed by atoms with Crippen molar-refractivity contribution >= 4 is 17.6 Å². The van der Waals surface area contributed by atoms with E-state index in [1.807, 2.05) is 4.90 Å². The Morgan fingerprint density at radius 3 is 2.71 bits per heavy atom. The molecule has 9 nitrogen and oxygen atoms in total. The van der Waals surface area contributed by atoms with Crippen molar-refractivity contribution in [3.05, 3.63) is 12.1 Å². The van der Waals surface area contributed by atoms with E-state index in [1.54, 1.807) is 0 Å². The molecule has 172 valence electrons. The maximum absolute atomic E-state index is 14.6. The molecule has 3 N–H and O–H groups in total. The Morgan fingerprint density at radius 1 is 1.29 bits per heavy atom. The molecule has 0 radical (unpaired) electrons. The van der Waals surface area contributed by atoms with E-state index in [0.717, 1.165) is 25.7 Å². The molecule has 1 aromatic rings. The Labute approximate surface area is 181 Å². The van der Waals surface area contributed by atoms with Gasteiger partial charge in [-0.2, -0.15) is 4.39 Å². The number of nitrogens with zero attached hydrogens (tertiary/aromatic N) is 3. The molecule has 3 fully saturated rings. The number of rotatable bonds is 8. The van der Waals surface area contributed by atoms with Crippen molar-refractivity contribution in [2.24, 2.45) is 11.8 Å². The number of anilines is 2. The molecule has 4 rings (SSSR count). The Morgan fingerprint density at radius 2 is 2.03 bits per heavy atom. The summed E-state index contributed by atoms with van der Waals surface area (Å²) < 4.78 is 25.1. The lowest BCUT2D eigenvalue weighted by molar-refractivity contribution is -0.153. The van der Waals surface area contributed by atoms with Crippen LogP contribution in [0.2, 0.25) is 0 Å². The number of hydrogen-bond acceptors (Lipinski definition) is 9. The molecule has 3 atom stereocenters. The van der Waals surface area contributed by atoms with Gasteiger partial charge in [-0.05, 0) is 44.6 Å². The number of piperidine rings is 1. The average Bonchev–Trinajstić information content (AvgIpc) is 3.60. The van der Waals surface area contributed by atoms with Gasteiger partial charge in [0.05, 0.1) is 13.2 Å². The minimum atomic E-state index is -0.637. The molecule has 0 amide bonds. The molecular weight excluding hydrogens is 405 g/mol. The number of β-amino-alcohol motifs (C(OH)–C–C–N with tert-alkyl or cyclic N) is 1. The first kappa shape index (κ1) is 22.2. The summed E-state index contributed by atoms with van der Waals surface area (Å²) in [6, 6.07) is -0.0743. The fourth-order valence-electron chi connectivity index (χ4n) is 4.53. The van der Waals surface area contributed by atoms with E-state index in [2.05, 4.69) is 20.6 Å². The predicted octanol–water partition coefficient (Wildman–Crippen LogP) is 1.25. The van der Waals surface area contributed by atoms with E-state index in [1.165, 1.54) is 13.4 Å².